The Labute approximate surface area is 106 Å². The molecule has 0 N–H and O–H groups in total. The van der Waals surface area contributed by atoms with Gasteiger partial charge in [0.05, 0.1) is 6.61 Å². The van der Waals surface area contributed by atoms with Crippen LogP contribution in [0.4, 0.5) is 8.78 Å². The number of nitrogens with zero attached hydrogens (tertiary/aromatic N) is 1. The fraction of sp³-hybridized carbons (Fsp3) is 1.00. The first kappa shape index (κ1) is 13.6. The van der Waals surface area contributed by atoms with Crippen LogP contribution in [0.25, 0.3) is 0 Å². The molecule has 0 aromatic heterocycles. The van der Waals surface area contributed by atoms with E-state index in [1.807, 2.05) is 0 Å². The summed E-state index contributed by atoms with van der Waals surface area (Å²) in [5.41, 5.74) is 0. The number of hydrogen-bond acceptors (Lipinski definition) is 3. The minimum absolute atomic E-state index is 0.420. The highest BCUT2D eigenvalue weighted by Gasteiger charge is 2.33. The normalized spacial score (nSPS) is 30.5. The van der Waals surface area contributed by atoms with E-state index < -0.39 is 13.0 Å². The second kappa shape index (κ2) is 6.90. The van der Waals surface area contributed by atoms with E-state index in [1.54, 1.807) is 0 Å². The molecule has 0 bridgehead atoms. The Morgan fingerprint density at radius 1 is 1.29 bits per heavy atom. The van der Waals surface area contributed by atoms with Gasteiger partial charge in [-0.05, 0) is 12.8 Å². The summed E-state index contributed by atoms with van der Waals surface area (Å²) >= 11 is 2.09. The molecule has 2 rings (SSSR count). The lowest BCUT2D eigenvalue weighted by Gasteiger charge is -2.43. The largest absolute Gasteiger partial charge is 0.374 e. The highest BCUT2D eigenvalue weighted by Crippen LogP contribution is 2.35. The third-order valence-corrected chi connectivity index (χ3v) is 5.01. The number of ether oxygens (including phenoxy) is 1. The van der Waals surface area contributed by atoms with Crippen LogP contribution in [0.1, 0.15) is 25.7 Å². The Morgan fingerprint density at radius 3 is 2.94 bits per heavy atom. The molecule has 0 amide bonds. The number of alkyl halides is 2. The molecule has 0 radical (unpaired) electrons. The van der Waals surface area contributed by atoms with E-state index in [2.05, 4.69) is 16.7 Å². The maximum Gasteiger partial charge on any atom is 0.261 e. The average Bonchev–Trinajstić information content (AvgIpc) is 2.34. The van der Waals surface area contributed by atoms with Gasteiger partial charge in [0.1, 0.15) is 6.61 Å². The Balaban J connectivity index is 1.71. The third-order valence-electron chi connectivity index (χ3n) is 3.61. The molecule has 1 saturated carbocycles. The van der Waals surface area contributed by atoms with Crippen LogP contribution in [0.15, 0.2) is 0 Å². The highest BCUT2D eigenvalue weighted by atomic mass is 32.2. The molecule has 2 fully saturated rings. The maximum atomic E-state index is 11.9. The van der Waals surface area contributed by atoms with Crippen molar-refractivity contribution in [2.45, 2.75) is 43.4 Å². The van der Waals surface area contributed by atoms with E-state index >= 15 is 0 Å². The standard InChI is InChI=1S/C12H21F2NOS/c13-12(14)9-16-7-5-15-6-8-17-11-4-2-1-3-10(11)15/h10-12H,1-9H2. The summed E-state index contributed by atoms with van der Waals surface area (Å²) in [6.45, 7) is 1.92. The predicted molar refractivity (Wildman–Crippen MR) is 66.9 cm³/mol. The zero-order valence-corrected chi connectivity index (χ0v) is 10.9. The molecule has 1 heterocycles. The minimum Gasteiger partial charge on any atom is -0.374 e. The Bertz CT molecular complexity index is 229. The molecule has 100 valence electrons. The summed E-state index contributed by atoms with van der Waals surface area (Å²) in [4.78, 5) is 2.45. The van der Waals surface area contributed by atoms with Crippen molar-refractivity contribution in [3.8, 4) is 0 Å². The van der Waals surface area contributed by atoms with E-state index in [4.69, 9.17) is 4.74 Å². The summed E-state index contributed by atoms with van der Waals surface area (Å²) < 4.78 is 28.8. The van der Waals surface area contributed by atoms with Crippen molar-refractivity contribution in [3.63, 3.8) is 0 Å². The molecule has 2 aliphatic rings. The molecule has 1 saturated heterocycles. The zero-order valence-electron chi connectivity index (χ0n) is 10.1. The van der Waals surface area contributed by atoms with Gasteiger partial charge in [0.2, 0.25) is 0 Å². The van der Waals surface area contributed by atoms with Crippen LogP contribution in [0.3, 0.4) is 0 Å². The van der Waals surface area contributed by atoms with Gasteiger partial charge in [-0.1, -0.05) is 12.8 Å². The lowest BCUT2D eigenvalue weighted by molar-refractivity contribution is 0.00454. The Kier molecular flexibility index (Phi) is 5.50. The molecular formula is C12H21F2NOS. The number of hydrogen-bond donors (Lipinski definition) is 0. The second-order valence-electron chi connectivity index (χ2n) is 4.76. The molecule has 0 aromatic rings. The predicted octanol–water partition coefficient (Wildman–Crippen LogP) is 2.63. The van der Waals surface area contributed by atoms with Gasteiger partial charge in [-0.15, -0.1) is 0 Å². The number of thioether (sulfide) groups is 1. The molecule has 2 atom stereocenters. The van der Waals surface area contributed by atoms with Gasteiger partial charge in [0, 0.05) is 30.1 Å². The van der Waals surface area contributed by atoms with E-state index in [9.17, 15) is 8.78 Å². The van der Waals surface area contributed by atoms with Crippen molar-refractivity contribution in [1.82, 2.24) is 4.90 Å². The molecule has 2 unspecified atom stereocenters. The van der Waals surface area contributed by atoms with Gasteiger partial charge < -0.3 is 4.74 Å². The molecule has 1 aliphatic heterocycles. The summed E-state index contributed by atoms with van der Waals surface area (Å²) in [6, 6.07) is 0.664. The van der Waals surface area contributed by atoms with Crippen LogP contribution in [0, 0.1) is 0 Å². The molecule has 1 aliphatic carbocycles. The second-order valence-corrected chi connectivity index (χ2v) is 6.11. The Morgan fingerprint density at radius 2 is 2.12 bits per heavy atom. The van der Waals surface area contributed by atoms with Crippen molar-refractivity contribution in [1.29, 1.82) is 0 Å². The fourth-order valence-corrected chi connectivity index (χ4v) is 4.31. The van der Waals surface area contributed by atoms with Crippen molar-refractivity contribution in [3.05, 3.63) is 0 Å². The van der Waals surface area contributed by atoms with Crippen molar-refractivity contribution in [2.75, 3.05) is 32.1 Å². The fourth-order valence-electron chi connectivity index (χ4n) is 2.81. The van der Waals surface area contributed by atoms with Crippen LogP contribution in [-0.4, -0.2) is 54.7 Å². The summed E-state index contributed by atoms with van der Waals surface area (Å²) in [6.07, 6.45) is 2.92. The first-order valence-corrected chi connectivity index (χ1v) is 7.54. The molecule has 0 spiro atoms. The van der Waals surface area contributed by atoms with E-state index in [0.29, 0.717) is 12.6 Å². The van der Waals surface area contributed by atoms with Gasteiger partial charge in [-0.3, -0.25) is 4.90 Å². The van der Waals surface area contributed by atoms with Gasteiger partial charge in [-0.2, -0.15) is 11.8 Å². The van der Waals surface area contributed by atoms with Crippen LogP contribution < -0.4 is 0 Å². The van der Waals surface area contributed by atoms with E-state index in [1.165, 1.54) is 31.4 Å². The van der Waals surface area contributed by atoms with E-state index in [-0.39, 0.29) is 0 Å². The van der Waals surface area contributed by atoms with Gasteiger partial charge in [0.15, 0.2) is 0 Å². The summed E-state index contributed by atoms with van der Waals surface area (Å²) in [5.74, 6) is 1.18. The van der Waals surface area contributed by atoms with Crippen LogP contribution in [0.5, 0.6) is 0 Å². The number of fused-ring (bicyclic) bond motifs is 1. The van der Waals surface area contributed by atoms with Gasteiger partial charge >= 0.3 is 0 Å². The van der Waals surface area contributed by atoms with Crippen LogP contribution >= 0.6 is 11.8 Å². The van der Waals surface area contributed by atoms with Crippen LogP contribution in [-0.2, 0) is 4.74 Å². The lowest BCUT2D eigenvalue weighted by Crippen LogP contribution is -2.50. The molecule has 17 heavy (non-hydrogen) atoms. The summed E-state index contributed by atoms with van der Waals surface area (Å²) in [5, 5.41) is 0.771. The van der Waals surface area contributed by atoms with Crippen molar-refractivity contribution < 1.29 is 13.5 Å². The lowest BCUT2D eigenvalue weighted by atomic mass is 9.93. The SMILES string of the molecule is FC(F)COCCN1CCSC2CCCCC21. The van der Waals surface area contributed by atoms with Crippen LogP contribution in [0.2, 0.25) is 0 Å². The zero-order chi connectivity index (χ0) is 12.1. The molecular weight excluding hydrogens is 244 g/mol. The topological polar surface area (TPSA) is 12.5 Å². The van der Waals surface area contributed by atoms with Crippen molar-refractivity contribution >= 4 is 11.8 Å². The van der Waals surface area contributed by atoms with E-state index in [0.717, 1.165) is 18.3 Å². The maximum absolute atomic E-state index is 11.9. The minimum atomic E-state index is -2.34. The monoisotopic (exact) mass is 265 g/mol. The number of rotatable bonds is 5. The quantitative estimate of drug-likeness (QED) is 0.709. The molecule has 5 heteroatoms. The van der Waals surface area contributed by atoms with Gasteiger partial charge in [0.25, 0.3) is 6.43 Å². The number of halogens is 2. The Hall–Kier alpha value is 0.130. The van der Waals surface area contributed by atoms with Gasteiger partial charge in [-0.25, -0.2) is 8.78 Å². The molecule has 0 aromatic carbocycles. The smallest absolute Gasteiger partial charge is 0.261 e. The summed E-state index contributed by atoms with van der Waals surface area (Å²) in [7, 11) is 0. The highest BCUT2D eigenvalue weighted by molar-refractivity contribution is 8.00. The first-order valence-electron chi connectivity index (χ1n) is 6.49. The average molecular weight is 265 g/mol. The third kappa shape index (κ3) is 4.07. The van der Waals surface area contributed by atoms with Crippen molar-refractivity contribution in [2.24, 2.45) is 0 Å². The molecule has 2 nitrogen and oxygen atoms in total. The first-order chi connectivity index (χ1) is 8.27.